The van der Waals surface area contributed by atoms with Gasteiger partial charge in [-0.25, -0.2) is 4.99 Å². The summed E-state index contributed by atoms with van der Waals surface area (Å²) in [6.45, 7) is 0.912. The maximum atomic E-state index is 5.86. The normalized spacial score (nSPS) is 10.6. The van der Waals surface area contributed by atoms with Gasteiger partial charge in [0.25, 0.3) is 0 Å². The van der Waals surface area contributed by atoms with E-state index < -0.39 is 0 Å². The summed E-state index contributed by atoms with van der Waals surface area (Å²) in [5.74, 6) is 1.09. The third kappa shape index (κ3) is 6.68. The van der Waals surface area contributed by atoms with Crippen LogP contribution in [0.25, 0.3) is 0 Å². The van der Waals surface area contributed by atoms with E-state index in [0.717, 1.165) is 11.4 Å². The molecular weight excluding hydrogens is 401 g/mol. The van der Waals surface area contributed by atoms with E-state index in [1.54, 1.807) is 12.1 Å². The summed E-state index contributed by atoms with van der Waals surface area (Å²) in [5.41, 5.74) is 6.68. The average Bonchev–Trinajstić information content (AvgIpc) is 2.45. The molecule has 3 N–H and O–H groups in total. The average molecular weight is 418 g/mol. The topological polar surface area (TPSA) is 59.6 Å². The van der Waals surface area contributed by atoms with Crippen LogP contribution in [0.4, 0.5) is 5.69 Å². The van der Waals surface area contributed by atoms with Gasteiger partial charge >= 0.3 is 0 Å². The summed E-state index contributed by atoms with van der Waals surface area (Å²) >= 11 is 5.86. The third-order valence-electron chi connectivity index (χ3n) is 2.48. The summed E-state index contributed by atoms with van der Waals surface area (Å²) in [7, 11) is 0. The molecular formula is C15H17ClIN3O. The molecule has 0 spiro atoms. The molecule has 6 heteroatoms. The molecule has 0 saturated carbocycles. The number of hydrogen-bond donors (Lipinski definition) is 2. The Morgan fingerprint density at radius 2 is 1.90 bits per heavy atom. The van der Waals surface area contributed by atoms with Crippen molar-refractivity contribution in [3.8, 4) is 5.75 Å². The lowest BCUT2D eigenvalue weighted by molar-refractivity contribution is 0.329. The number of halogens is 2. The van der Waals surface area contributed by atoms with Crippen LogP contribution in [0.3, 0.4) is 0 Å². The fourth-order valence-corrected chi connectivity index (χ4v) is 1.78. The van der Waals surface area contributed by atoms with Gasteiger partial charge in [-0.3, -0.25) is 0 Å². The highest BCUT2D eigenvalue weighted by Gasteiger charge is 1.96. The van der Waals surface area contributed by atoms with Crippen LogP contribution in [0.1, 0.15) is 0 Å². The van der Waals surface area contributed by atoms with Gasteiger partial charge in [-0.1, -0.05) is 35.9 Å². The summed E-state index contributed by atoms with van der Waals surface area (Å²) in [6, 6.07) is 16.9. The lowest BCUT2D eigenvalue weighted by Crippen LogP contribution is -2.23. The molecule has 21 heavy (non-hydrogen) atoms. The van der Waals surface area contributed by atoms with Gasteiger partial charge < -0.3 is 15.8 Å². The van der Waals surface area contributed by atoms with Crippen molar-refractivity contribution in [2.45, 2.75) is 0 Å². The molecule has 0 aliphatic heterocycles. The van der Waals surface area contributed by atoms with Crippen LogP contribution < -0.4 is 15.8 Å². The summed E-state index contributed by atoms with van der Waals surface area (Å²) in [5, 5.41) is 3.65. The Hall–Kier alpha value is -1.47. The summed E-state index contributed by atoms with van der Waals surface area (Å²) in [6.07, 6.45) is 0. The molecule has 0 unspecified atom stereocenters. The van der Waals surface area contributed by atoms with Gasteiger partial charge in [0.1, 0.15) is 12.4 Å². The zero-order valence-electron chi connectivity index (χ0n) is 11.3. The van der Waals surface area contributed by atoms with Gasteiger partial charge in [0.2, 0.25) is 0 Å². The highest BCUT2D eigenvalue weighted by molar-refractivity contribution is 14.0. The molecule has 0 amide bonds. The van der Waals surface area contributed by atoms with Crippen molar-refractivity contribution in [3.63, 3.8) is 0 Å². The number of para-hydroxylation sites is 1. The SMILES string of the molecule is I.NC(=NCCOc1cccc(Cl)c1)Nc1ccccc1. The third-order valence-corrected chi connectivity index (χ3v) is 2.72. The molecule has 2 aromatic carbocycles. The number of nitrogens with one attached hydrogen (secondary N) is 1. The number of ether oxygens (including phenoxy) is 1. The lowest BCUT2D eigenvalue weighted by Gasteiger charge is -2.06. The smallest absolute Gasteiger partial charge is 0.193 e. The lowest BCUT2D eigenvalue weighted by atomic mass is 10.3. The van der Waals surface area contributed by atoms with Crippen molar-refractivity contribution in [3.05, 3.63) is 59.6 Å². The quantitative estimate of drug-likeness (QED) is 0.337. The zero-order valence-corrected chi connectivity index (χ0v) is 14.4. The molecule has 0 bridgehead atoms. The van der Waals surface area contributed by atoms with Gasteiger partial charge in [-0.15, -0.1) is 24.0 Å². The largest absolute Gasteiger partial charge is 0.492 e. The van der Waals surface area contributed by atoms with Crippen LogP contribution in [-0.4, -0.2) is 19.1 Å². The predicted octanol–water partition coefficient (Wildman–Crippen LogP) is 3.76. The Bertz CT molecular complexity index is 578. The first kappa shape index (κ1) is 17.6. The predicted molar refractivity (Wildman–Crippen MR) is 98.9 cm³/mol. The number of aliphatic imine (C=N–C) groups is 1. The van der Waals surface area contributed by atoms with E-state index in [1.807, 2.05) is 42.5 Å². The van der Waals surface area contributed by atoms with Gasteiger partial charge in [0.05, 0.1) is 6.54 Å². The van der Waals surface area contributed by atoms with E-state index >= 15 is 0 Å². The Kier molecular flexibility index (Phi) is 7.92. The number of hydrogen-bond acceptors (Lipinski definition) is 2. The number of nitrogens with two attached hydrogens (primary N) is 1. The Balaban J connectivity index is 0.00000220. The van der Waals surface area contributed by atoms with Crippen LogP contribution in [0, 0.1) is 0 Å². The second-order valence-electron chi connectivity index (χ2n) is 4.06. The Labute approximate surface area is 146 Å². The second-order valence-corrected chi connectivity index (χ2v) is 4.50. The van der Waals surface area contributed by atoms with Gasteiger partial charge in [0, 0.05) is 10.7 Å². The van der Waals surface area contributed by atoms with Gasteiger partial charge in [-0.05, 0) is 30.3 Å². The number of anilines is 1. The first-order chi connectivity index (χ1) is 9.74. The summed E-state index contributed by atoms with van der Waals surface area (Å²) in [4.78, 5) is 4.18. The first-order valence-corrected chi connectivity index (χ1v) is 6.62. The molecule has 0 saturated heterocycles. The van der Waals surface area contributed by atoms with E-state index in [1.165, 1.54) is 0 Å². The maximum Gasteiger partial charge on any atom is 0.193 e. The van der Waals surface area contributed by atoms with Gasteiger partial charge in [-0.2, -0.15) is 0 Å². The van der Waals surface area contributed by atoms with Crippen molar-refractivity contribution < 1.29 is 4.74 Å². The van der Waals surface area contributed by atoms with Gasteiger partial charge in [0.15, 0.2) is 5.96 Å². The molecule has 0 atom stereocenters. The van der Waals surface area contributed by atoms with Crippen LogP contribution in [0.15, 0.2) is 59.6 Å². The minimum Gasteiger partial charge on any atom is -0.492 e. The molecule has 4 nitrogen and oxygen atoms in total. The van der Waals surface area contributed by atoms with Crippen molar-refractivity contribution in [1.29, 1.82) is 0 Å². The summed E-state index contributed by atoms with van der Waals surface area (Å²) < 4.78 is 5.51. The minimum absolute atomic E-state index is 0. The first-order valence-electron chi connectivity index (χ1n) is 6.24. The number of rotatable bonds is 5. The highest BCUT2D eigenvalue weighted by Crippen LogP contribution is 2.16. The molecule has 0 heterocycles. The fourth-order valence-electron chi connectivity index (χ4n) is 1.60. The number of benzene rings is 2. The molecule has 2 aromatic rings. The van der Waals surface area contributed by atoms with Crippen molar-refractivity contribution in [1.82, 2.24) is 0 Å². The van der Waals surface area contributed by atoms with Crippen molar-refractivity contribution in [2.24, 2.45) is 10.7 Å². The Morgan fingerprint density at radius 1 is 1.14 bits per heavy atom. The maximum absolute atomic E-state index is 5.86. The number of guanidine groups is 1. The van der Waals surface area contributed by atoms with Crippen LogP contribution in [-0.2, 0) is 0 Å². The van der Waals surface area contributed by atoms with Crippen molar-refractivity contribution >= 4 is 47.2 Å². The standard InChI is InChI=1S/C15H16ClN3O.HI/c16-12-5-4-8-14(11-12)20-10-9-18-15(17)19-13-6-2-1-3-7-13;/h1-8,11H,9-10H2,(H3,17,18,19);1H. The van der Waals surface area contributed by atoms with E-state index in [0.29, 0.717) is 24.1 Å². The molecule has 0 fully saturated rings. The molecule has 0 aromatic heterocycles. The Morgan fingerprint density at radius 3 is 2.62 bits per heavy atom. The van der Waals surface area contributed by atoms with E-state index in [-0.39, 0.29) is 24.0 Å². The molecule has 2 rings (SSSR count). The van der Waals surface area contributed by atoms with Crippen LogP contribution in [0.2, 0.25) is 5.02 Å². The van der Waals surface area contributed by atoms with E-state index in [4.69, 9.17) is 22.1 Å². The zero-order chi connectivity index (χ0) is 14.2. The minimum atomic E-state index is 0. The van der Waals surface area contributed by atoms with Crippen LogP contribution in [0.5, 0.6) is 5.75 Å². The van der Waals surface area contributed by atoms with Crippen molar-refractivity contribution in [2.75, 3.05) is 18.5 Å². The molecule has 112 valence electrons. The molecule has 0 aliphatic carbocycles. The van der Waals surface area contributed by atoms with E-state index in [2.05, 4.69) is 10.3 Å². The molecule has 0 radical (unpaired) electrons. The number of nitrogens with zero attached hydrogens (tertiary/aromatic N) is 1. The van der Waals surface area contributed by atoms with E-state index in [9.17, 15) is 0 Å². The highest BCUT2D eigenvalue weighted by atomic mass is 127. The molecule has 0 aliphatic rings. The monoisotopic (exact) mass is 417 g/mol. The second kappa shape index (κ2) is 9.46. The fraction of sp³-hybridized carbons (Fsp3) is 0.133. The van der Waals surface area contributed by atoms with Crippen LogP contribution >= 0.6 is 35.6 Å².